The van der Waals surface area contributed by atoms with E-state index < -0.39 is 11.2 Å². The van der Waals surface area contributed by atoms with Crippen LogP contribution in [0.5, 0.6) is 0 Å². The summed E-state index contributed by atoms with van der Waals surface area (Å²) in [5, 5.41) is 0. The molecule has 2 atom stereocenters. The van der Waals surface area contributed by atoms with Gasteiger partial charge in [-0.1, -0.05) is 30.3 Å². The second-order valence-electron chi connectivity index (χ2n) is 7.23. The van der Waals surface area contributed by atoms with Crippen LogP contribution in [0.15, 0.2) is 46.2 Å². The number of carbonyl (C=O) groups is 1. The molecule has 0 unspecified atom stereocenters. The first-order chi connectivity index (χ1) is 13.4. The summed E-state index contributed by atoms with van der Waals surface area (Å²) in [4.78, 5) is 43.3. The molecule has 1 aliphatic heterocycles. The average molecular weight is 382 g/mol. The van der Waals surface area contributed by atoms with Gasteiger partial charge in [0.1, 0.15) is 6.54 Å². The third kappa shape index (κ3) is 2.84. The molecule has 0 spiro atoms. The fraction of sp³-hybridized carbons (Fsp3) is 0.368. The molecule has 1 fully saturated rings. The molecule has 2 aromatic heterocycles. The van der Waals surface area contributed by atoms with Crippen molar-refractivity contribution in [1.29, 1.82) is 0 Å². The second-order valence-corrected chi connectivity index (χ2v) is 7.23. The van der Waals surface area contributed by atoms with Crippen LogP contribution in [0.1, 0.15) is 11.5 Å². The van der Waals surface area contributed by atoms with Gasteiger partial charge in [0.05, 0.1) is 6.33 Å². The molecule has 4 rings (SSSR count). The van der Waals surface area contributed by atoms with Crippen LogP contribution in [0.3, 0.4) is 0 Å². The molecule has 28 heavy (non-hydrogen) atoms. The zero-order chi connectivity index (χ0) is 20.0. The van der Waals surface area contributed by atoms with Crippen molar-refractivity contribution >= 4 is 17.1 Å². The molecule has 1 saturated heterocycles. The Morgan fingerprint density at radius 2 is 1.86 bits per heavy atom. The molecular formula is C19H22N6O3. The third-order valence-corrected chi connectivity index (χ3v) is 5.47. The van der Waals surface area contributed by atoms with Gasteiger partial charge in [-0.3, -0.25) is 18.7 Å². The Kier molecular flexibility index (Phi) is 4.38. The summed E-state index contributed by atoms with van der Waals surface area (Å²) in [6, 6.07) is 9.77. The van der Waals surface area contributed by atoms with Crippen LogP contribution in [0, 0.1) is 0 Å². The highest BCUT2D eigenvalue weighted by atomic mass is 16.2. The fourth-order valence-electron chi connectivity index (χ4n) is 3.85. The third-order valence-electron chi connectivity index (χ3n) is 5.47. The van der Waals surface area contributed by atoms with E-state index in [1.807, 2.05) is 30.3 Å². The first-order valence-electron chi connectivity index (χ1n) is 9.07. The van der Waals surface area contributed by atoms with Gasteiger partial charge in [0.25, 0.3) is 5.56 Å². The van der Waals surface area contributed by atoms with Crippen molar-refractivity contribution in [2.24, 2.45) is 19.8 Å². The Bertz CT molecular complexity index is 1160. The Morgan fingerprint density at radius 1 is 1.14 bits per heavy atom. The van der Waals surface area contributed by atoms with Crippen molar-refractivity contribution in [3.8, 4) is 0 Å². The van der Waals surface area contributed by atoms with Crippen LogP contribution >= 0.6 is 0 Å². The largest absolute Gasteiger partial charge is 0.339 e. The van der Waals surface area contributed by atoms with Gasteiger partial charge in [-0.15, -0.1) is 0 Å². The number of fused-ring (bicyclic) bond motifs is 1. The van der Waals surface area contributed by atoms with Crippen LogP contribution < -0.4 is 17.0 Å². The molecule has 1 aliphatic rings. The van der Waals surface area contributed by atoms with Crippen molar-refractivity contribution in [1.82, 2.24) is 23.6 Å². The lowest BCUT2D eigenvalue weighted by Crippen LogP contribution is -2.38. The van der Waals surface area contributed by atoms with E-state index in [4.69, 9.17) is 5.73 Å². The van der Waals surface area contributed by atoms with Crippen molar-refractivity contribution in [3.63, 3.8) is 0 Å². The SMILES string of the molecule is Cn1c(=O)c2c(ncn2CC(=O)N2C[C@@H](N)[C@H](c3ccccc3)C2)n(C)c1=O. The maximum atomic E-state index is 12.9. The van der Waals surface area contributed by atoms with Crippen LogP contribution in [0.25, 0.3) is 11.2 Å². The molecule has 0 bridgehead atoms. The van der Waals surface area contributed by atoms with E-state index >= 15 is 0 Å². The molecule has 1 aromatic carbocycles. The van der Waals surface area contributed by atoms with E-state index in [-0.39, 0.29) is 35.6 Å². The predicted molar refractivity (Wildman–Crippen MR) is 104 cm³/mol. The topological polar surface area (TPSA) is 108 Å². The molecule has 0 radical (unpaired) electrons. The summed E-state index contributed by atoms with van der Waals surface area (Å²) < 4.78 is 3.82. The number of benzene rings is 1. The maximum absolute atomic E-state index is 12.9. The number of imidazole rings is 1. The van der Waals surface area contributed by atoms with Crippen molar-refractivity contribution in [2.45, 2.75) is 18.5 Å². The zero-order valence-electron chi connectivity index (χ0n) is 15.8. The minimum absolute atomic E-state index is 0.0296. The minimum Gasteiger partial charge on any atom is -0.339 e. The van der Waals surface area contributed by atoms with Gasteiger partial charge < -0.3 is 15.2 Å². The Labute approximate surface area is 160 Å². The molecule has 9 nitrogen and oxygen atoms in total. The number of hydrogen-bond acceptors (Lipinski definition) is 5. The highest BCUT2D eigenvalue weighted by Gasteiger charge is 2.34. The van der Waals surface area contributed by atoms with Gasteiger partial charge >= 0.3 is 5.69 Å². The zero-order valence-corrected chi connectivity index (χ0v) is 15.8. The van der Waals surface area contributed by atoms with Gasteiger partial charge in [0, 0.05) is 39.1 Å². The highest BCUT2D eigenvalue weighted by molar-refractivity contribution is 5.79. The van der Waals surface area contributed by atoms with Crippen molar-refractivity contribution in [2.75, 3.05) is 13.1 Å². The standard InChI is InChI=1S/C19H22N6O3/c1-22-17-16(18(27)23(2)19(22)28)25(11-21-17)10-15(26)24-8-13(14(20)9-24)12-6-4-3-5-7-12/h3-7,11,13-14H,8-10,20H2,1-2H3/t13-,14+/m0/s1. The molecule has 3 aromatic rings. The molecular weight excluding hydrogens is 360 g/mol. The summed E-state index contributed by atoms with van der Waals surface area (Å²) in [5.41, 5.74) is 6.97. The number of carbonyl (C=O) groups excluding carboxylic acids is 1. The molecule has 9 heteroatoms. The Hall–Kier alpha value is -3.20. The van der Waals surface area contributed by atoms with Crippen LogP contribution in [-0.4, -0.2) is 48.6 Å². The van der Waals surface area contributed by atoms with Gasteiger partial charge in [-0.25, -0.2) is 9.78 Å². The van der Waals surface area contributed by atoms with Gasteiger partial charge in [0.2, 0.25) is 5.91 Å². The summed E-state index contributed by atoms with van der Waals surface area (Å²) in [6.07, 6.45) is 1.42. The summed E-state index contributed by atoms with van der Waals surface area (Å²) >= 11 is 0. The summed E-state index contributed by atoms with van der Waals surface area (Å²) in [7, 11) is 2.96. The minimum atomic E-state index is -0.469. The lowest BCUT2D eigenvalue weighted by molar-refractivity contribution is -0.130. The molecule has 2 N–H and O–H groups in total. The average Bonchev–Trinajstić information content (AvgIpc) is 3.29. The van der Waals surface area contributed by atoms with Gasteiger partial charge in [-0.2, -0.15) is 0 Å². The molecule has 0 aliphatic carbocycles. The van der Waals surface area contributed by atoms with E-state index in [0.29, 0.717) is 13.1 Å². The lowest BCUT2D eigenvalue weighted by Gasteiger charge is -2.17. The van der Waals surface area contributed by atoms with Crippen LogP contribution in [0.4, 0.5) is 0 Å². The molecule has 1 amide bonds. The molecule has 0 saturated carbocycles. The van der Waals surface area contributed by atoms with Crippen molar-refractivity contribution < 1.29 is 4.79 Å². The van der Waals surface area contributed by atoms with E-state index in [9.17, 15) is 14.4 Å². The van der Waals surface area contributed by atoms with Gasteiger partial charge in [0.15, 0.2) is 11.2 Å². The van der Waals surface area contributed by atoms with Crippen molar-refractivity contribution in [3.05, 3.63) is 63.1 Å². The van der Waals surface area contributed by atoms with Gasteiger partial charge in [-0.05, 0) is 5.56 Å². The van der Waals surface area contributed by atoms with Crippen LogP contribution in [-0.2, 0) is 25.4 Å². The Balaban J connectivity index is 1.60. The van der Waals surface area contributed by atoms with E-state index in [1.54, 1.807) is 11.9 Å². The van der Waals surface area contributed by atoms with Crippen LogP contribution in [0.2, 0.25) is 0 Å². The molecule has 146 valence electrons. The first kappa shape index (κ1) is 18.2. The number of rotatable bonds is 3. The fourth-order valence-corrected chi connectivity index (χ4v) is 3.85. The quantitative estimate of drug-likeness (QED) is 0.650. The van der Waals surface area contributed by atoms with E-state index in [0.717, 1.165) is 10.1 Å². The molecule has 3 heterocycles. The summed E-state index contributed by atoms with van der Waals surface area (Å²) in [6.45, 7) is 0.965. The first-order valence-corrected chi connectivity index (χ1v) is 9.07. The number of nitrogens with two attached hydrogens (primary N) is 1. The van der Waals surface area contributed by atoms with E-state index in [1.165, 1.54) is 22.5 Å². The maximum Gasteiger partial charge on any atom is 0.332 e. The number of nitrogens with zero attached hydrogens (tertiary/aromatic N) is 5. The number of amides is 1. The monoisotopic (exact) mass is 382 g/mol. The number of aryl methyl sites for hydroxylation is 1. The van der Waals surface area contributed by atoms with E-state index in [2.05, 4.69) is 4.98 Å². The summed E-state index contributed by atoms with van der Waals surface area (Å²) in [5.74, 6) is -0.0533. The normalized spacial score (nSPS) is 19.5. The predicted octanol–water partition coefficient (Wildman–Crippen LogP) is -0.613. The second kappa shape index (κ2) is 6.75. The lowest BCUT2D eigenvalue weighted by atomic mass is 9.95. The highest BCUT2D eigenvalue weighted by Crippen LogP contribution is 2.26. The Morgan fingerprint density at radius 3 is 2.57 bits per heavy atom. The number of likely N-dealkylation sites (tertiary alicyclic amines) is 1. The number of aromatic nitrogens is 4. The number of hydrogen-bond donors (Lipinski definition) is 1. The smallest absolute Gasteiger partial charge is 0.332 e.